The van der Waals surface area contributed by atoms with E-state index >= 15 is 0 Å². The minimum Gasteiger partial charge on any atom is -0.479 e. The van der Waals surface area contributed by atoms with Crippen molar-refractivity contribution in [2.24, 2.45) is 0 Å². The van der Waals surface area contributed by atoms with Crippen molar-refractivity contribution in [3.63, 3.8) is 0 Å². The first-order valence-corrected chi connectivity index (χ1v) is 7.60. The molecule has 1 aromatic rings. The van der Waals surface area contributed by atoms with Crippen molar-refractivity contribution in [3.8, 4) is 0 Å². The molecule has 0 saturated heterocycles. The molecule has 104 valence electrons. The number of carbonyl (C=O) groups excluding carboxylic acids is 1. The summed E-state index contributed by atoms with van der Waals surface area (Å²) in [4.78, 5) is 22.6. The van der Waals surface area contributed by atoms with Gasteiger partial charge in [-0.3, -0.25) is 4.79 Å². The van der Waals surface area contributed by atoms with Crippen LogP contribution < -0.4 is 5.32 Å². The number of sulfone groups is 1. The number of carboxylic acid groups (broad SMARTS) is 1. The molecule has 0 aliphatic carbocycles. The van der Waals surface area contributed by atoms with Crippen LogP contribution in [0.25, 0.3) is 0 Å². The Morgan fingerprint density at radius 3 is 2.32 bits per heavy atom. The summed E-state index contributed by atoms with van der Waals surface area (Å²) in [5, 5.41) is 11.4. The molecule has 1 aromatic carbocycles. The summed E-state index contributed by atoms with van der Waals surface area (Å²) in [6.45, 7) is 0. The van der Waals surface area contributed by atoms with Crippen molar-refractivity contribution < 1.29 is 23.1 Å². The van der Waals surface area contributed by atoms with Gasteiger partial charge in [-0.15, -0.1) is 0 Å². The number of hydrogen-bond acceptors (Lipinski definition) is 4. The van der Waals surface area contributed by atoms with Crippen molar-refractivity contribution in [3.05, 3.63) is 35.9 Å². The fraction of sp³-hybridized carbons (Fsp3) is 0.333. The molecule has 1 amide bonds. The number of amides is 1. The van der Waals surface area contributed by atoms with Crippen LogP contribution in [0.2, 0.25) is 0 Å². The van der Waals surface area contributed by atoms with Crippen molar-refractivity contribution >= 4 is 21.7 Å². The average molecular weight is 285 g/mol. The van der Waals surface area contributed by atoms with Crippen LogP contribution in [0.4, 0.5) is 0 Å². The largest absolute Gasteiger partial charge is 0.479 e. The van der Waals surface area contributed by atoms with Gasteiger partial charge >= 0.3 is 5.97 Å². The Morgan fingerprint density at radius 1 is 1.26 bits per heavy atom. The van der Waals surface area contributed by atoms with Gasteiger partial charge in [0.2, 0.25) is 5.91 Å². The number of aliphatic carboxylic acids is 1. The molecule has 0 radical (unpaired) electrons. The third-order valence-corrected chi connectivity index (χ3v) is 3.33. The molecule has 0 aliphatic rings. The lowest BCUT2D eigenvalue weighted by Crippen LogP contribution is -2.34. The van der Waals surface area contributed by atoms with Crippen molar-refractivity contribution in [1.29, 1.82) is 0 Å². The molecule has 2 N–H and O–H groups in total. The molecule has 19 heavy (non-hydrogen) atoms. The Bertz CT molecular complexity index is 553. The molecule has 0 bridgehead atoms. The molecule has 0 aromatic heterocycles. The summed E-state index contributed by atoms with van der Waals surface area (Å²) >= 11 is 0. The van der Waals surface area contributed by atoms with Gasteiger partial charge in [0, 0.05) is 12.7 Å². The predicted octanol–water partition coefficient (Wildman–Crippen LogP) is 0.363. The Hall–Kier alpha value is -1.89. The highest BCUT2D eigenvalue weighted by Gasteiger charge is 2.22. The predicted molar refractivity (Wildman–Crippen MR) is 69.3 cm³/mol. The summed E-state index contributed by atoms with van der Waals surface area (Å²) in [6, 6.07) is 7.04. The van der Waals surface area contributed by atoms with Gasteiger partial charge < -0.3 is 10.4 Å². The summed E-state index contributed by atoms with van der Waals surface area (Å²) < 4.78 is 21.9. The van der Waals surface area contributed by atoms with E-state index in [1.165, 1.54) is 0 Å². The zero-order valence-corrected chi connectivity index (χ0v) is 11.2. The highest BCUT2D eigenvalue weighted by atomic mass is 32.2. The van der Waals surface area contributed by atoms with E-state index in [-0.39, 0.29) is 12.2 Å². The maximum Gasteiger partial charge on any atom is 0.330 e. The lowest BCUT2D eigenvalue weighted by Gasteiger charge is -2.14. The molecule has 0 heterocycles. The monoisotopic (exact) mass is 285 g/mol. The zero-order valence-electron chi connectivity index (χ0n) is 10.4. The number of carbonyl (C=O) groups is 2. The minimum absolute atomic E-state index is 0.255. The van der Waals surface area contributed by atoms with Crippen molar-refractivity contribution in [2.45, 2.75) is 12.5 Å². The summed E-state index contributed by atoms with van der Waals surface area (Å²) in [5.41, 5.74) is 0.433. The molecular formula is C12H15NO5S. The van der Waals surface area contributed by atoms with Crippen molar-refractivity contribution in [2.75, 3.05) is 12.0 Å². The van der Waals surface area contributed by atoms with Crippen LogP contribution in [0.15, 0.2) is 30.3 Å². The van der Waals surface area contributed by atoms with Crippen LogP contribution in [-0.4, -0.2) is 37.4 Å². The van der Waals surface area contributed by atoms with Crippen LogP contribution in [0.3, 0.4) is 0 Å². The summed E-state index contributed by atoms with van der Waals surface area (Å²) in [7, 11) is -3.25. The third-order valence-electron chi connectivity index (χ3n) is 2.39. The number of carboxylic acids is 1. The second kappa shape index (κ2) is 6.33. The molecule has 1 atom stereocenters. The smallest absolute Gasteiger partial charge is 0.330 e. The Balaban J connectivity index is 2.70. The van der Waals surface area contributed by atoms with E-state index in [0.717, 1.165) is 6.26 Å². The summed E-state index contributed by atoms with van der Waals surface area (Å²) in [6.07, 6.45) is 0.765. The van der Waals surface area contributed by atoms with Gasteiger partial charge in [-0.2, -0.15) is 0 Å². The first-order chi connectivity index (χ1) is 8.79. The Morgan fingerprint density at radius 2 is 1.84 bits per heavy atom. The van der Waals surface area contributed by atoms with E-state index in [4.69, 9.17) is 5.11 Å². The van der Waals surface area contributed by atoms with Crippen LogP contribution in [-0.2, 0) is 19.4 Å². The molecule has 0 fully saturated rings. The zero-order chi connectivity index (χ0) is 14.5. The maximum atomic E-state index is 11.5. The van der Waals surface area contributed by atoms with Crippen LogP contribution in [0.1, 0.15) is 18.0 Å². The quantitative estimate of drug-likeness (QED) is 0.786. The fourth-order valence-electron chi connectivity index (χ4n) is 1.44. The van der Waals surface area contributed by atoms with E-state index in [1.807, 2.05) is 0 Å². The van der Waals surface area contributed by atoms with Crippen LogP contribution in [0.5, 0.6) is 0 Å². The first-order valence-electron chi connectivity index (χ1n) is 5.54. The minimum atomic E-state index is -3.25. The van der Waals surface area contributed by atoms with E-state index in [2.05, 4.69) is 5.32 Å². The van der Waals surface area contributed by atoms with Gasteiger partial charge in [0.25, 0.3) is 0 Å². The highest BCUT2D eigenvalue weighted by Crippen LogP contribution is 2.12. The Labute approximate surface area is 111 Å². The van der Waals surface area contributed by atoms with Gasteiger partial charge in [0.15, 0.2) is 6.04 Å². The van der Waals surface area contributed by atoms with E-state index in [1.54, 1.807) is 30.3 Å². The van der Waals surface area contributed by atoms with Gasteiger partial charge in [0.05, 0.1) is 5.75 Å². The van der Waals surface area contributed by atoms with Crippen LogP contribution >= 0.6 is 0 Å². The molecule has 7 heteroatoms. The fourth-order valence-corrected chi connectivity index (χ4v) is 2.00. The average Bonchev–Trinajstić information content (AvgIpc) is 2.33. The molecular weight excluding hydrogens is 270 g/mol. The second-order valence-corrected chi connectivity index (χ2v) is 6.39. The highest BCUT2D eigenvalue weighted by molar-refractivity contribution is 7.90. The molecule has 6 nitrogen and oxygen atoms in total. The Kier molecular flexibility index (Phi) is 5.05. The van der Waals surface area contributed by atoms with Gasteiger partial charge in [0.1, 0.15) is 9.84 Å². The van der Waals surface area contributed by atoms with Crippen molar-refractivity contribution in [1.82, 2.24) is 5.32 Å². The van der Waals surface area contributed by atoms with Gasteiger partial charge in [-0.25, -0.2) is 13.2 Å². The van der Waals surface area contributed by atoms with Crippen LogP contribution in [0, 0.1) is 0 Å². The lowest BCUT2D eigenvalue weighted by atomic mass is 10.1. The van der Waals surface area contributed by atoms with E-state index in [9.17, 15) is 18.0 Å². The second-order valence-electron chi connectivity index (χ2n) is 4.13. The summed E-state index contributed by atoms with van der Waals surface area (Å²) in [5.74, 6) is -2.11. The molecule has 0 unspecified atom stereocenters. The molecule has 0 aliphatic heterocycles. The number of hydrogen-bond donors (Lipinski definition) is 2. The van der Waals surface area contributed by atoms with E-state index < -0.39 is 27.8 Å². The molecule has 1 rings (SSSR count). The SMILES string of the molecule is CS(=O)(=O)CCC(=O)N[C@@H](C(=O)O)c1ccccc1. The standard InChI is InChI=1S/C12H15NO5S/c1-19(17,18)8-7-10(14)13-11(12(15)16)9-5-3-2-4-6-9/h2-6,11H,7-8H2,1H3,(H,13,14)(H,15,16)/t11-/m1/s1. The maximum absolute atomic E-state index is 11.5. The normalized spacial score (nSPS) is 12.7. The molecule has 0 saturated carbocycles. The number of rotatable bonds is 6. The first kappa shape index (κ1) is 15.2. The number of nitrogens with one attached hydrogen (secondary N) is 1. The lowest BCUT2D eigenvalue weighted by molar-refractivity contribution is -0.142. The van der Waals surface area contributed by atoms with Gasteiger partial charge in [-0.05, 0) is 5.56 Å². The number of benzene rings is 1. The molecule has 0 spiro atoms. The van der Waals surface area contributed by atoms with E-state index in [0.29, 0.717) is 5.56 Å². The topological polar surface area (TPSA) is 101 Å². The third kappa shape index (κ3) is 5.52. The van der Waals surface area contributed by atoms with Gasteiger partial charge in [-0.1, -0.05) is 30.3 Å².